The number of hydrogen-bond donors (Lipinski definition) is 0. The molecule has 4 aromatic rings. The van der Waals surface area contributed by atoms with Crippen molar-refractivity contribution in [3.63, 3.8) is 0 Å². The predicted octanol–water partition coefficient (Wildman–Crippen LogP) is 3.72. The van der Waals surface area contributed by atoms with Crippen LogP contribution >= 0.6 is 0 Å². The third-order valence-electron chi connectivity index (χ3n) is 5.21. The molecule has 36 heavy (non-hydrogen) atoms. The van der Waals surface area contributed by atoms with Gasteiger partial charge in [-0.25, -0.2) is 9.18 Å². The smallest absolute Gasteiger partial charge is 0.425 e. The average Bonchev–Trinajstić information content (AvgIpc) is 3.15. The van der Waals surface area contributed by atoms with Crippen LogP contribution in [0.4, 0.5) is 22.0 Å². The fourth-order valence-electron chi connectivity index (χ4n) is 3.35. The number of nitrogens with zero attached hydrogens (tertiary/aromatic N) is 6. The minimum atomic E-state index is -4.83. The lowest BCUT2D eigenvalue weighted by Gasteiger charge is -2.18. The molecule has 14 heteroatoms. The highest BCUT2D eigenvalue weighted by Gasteiger charge is 2.39. The van der Waals surface area contributed by atoms with E-state index in [4.69, 9.17) is 9.47 Å². The maximum atomic E-state index is 15.4. The van der Waals surface area contributed by atoms with Gasteiger partial charge in [0.05, 0.1) is 18.2 Å². The first-order chi connectivity index (χ1) is 17.1. The molecule has 190 valence electrons. The largest absolute Gasteiger partial charge is 0.464 e. The van der Waals surface area contributed by atoms with Crippen molar-refractivity contribution >= 4 is 10.8 Å². The van der Waals surface area contributed by atoms with Crippen LogP contribution in [0.2, 0.25) is 0 Å². The molecule has 0 amide bonds. The number of fused-ring (bicyclic) bond motifs is 1. The Bertz CT molecular complexity index is 1440. The van der Waals surface area contributed by atoms with E-state index in [-0.39, 0.29) is 25.6 Å². The van der Waals surface area contributed by atoms with E-state index >= 15 is 4.39 Å². The summed E-state index contributed by atoms with van der Waals surface area (Å²) >= 11 is 0. The Morgan fingerprint density at radius 2 is 1.83 bits per heavy atom. The maximum absolute atomic E-state index is 15.4. The average molecular weight is 510 g/mol. The number of halogens is 5. The molecule has 0 saturated heterocycles. The first kappa shape index (κ1) is 25.2. The number of alkyl halides is 3. The second-order valence-electron chi connectivity index (χ2n) is 7.61. The summed E-state index contributed by atoms with van der Waals surface area (Å²) in [6.45, 7) is 2.52. The molecule has 0 spiro atoms. The van der Waals surface area contributed by atoms with Crippen LogP contribution in [0.5, 0.6) is 5.88 Å². The fraction of sp³-hybridized carbons (Fsp3) is 0.318. The second kappa shape index (κ2) is 9.97. The van der Waals surface area contributed by atoms with Crippen molar-refractivity contribution in [3.8, 4) is 11.7 Å². The Labute approximate surface area is 200 Å². The van der Waals surface area contributed by atoms with Crippen molar-refractivity contribution in [2.24, 2.45) is 0 Å². The maximum Gasteiger partial charge on any atom is 0.425 e. The monoisotopic (exact) mass is 510 g/mol. The standard InChI is InChI=1S/C22H19F5N6O3/c1-3-32-15(11-35-10-13-7-5-4-6-8-13)31-33(21(32)34)19-17(23)14-9-28-30-18(24)16(14)20(29-19)36-12(2)22(25,26)27/h4-9,12H,3,10-11H2,1-2H3/t12-/m0/s1. The summed E-state index contributed by atoms with van der Waals surface area (Å²) in [5.74, 6) is -4.23. The van der Waals surface area contributed by atoms with Gasteiger partial charge in [-0.1, -0.05) is 30.3 Å². The molecule has 3 aromatic heterocycles. The van der Waals surface area contributed by atoms with Crippen molar-refractivity contribution in [1.29, 1.82) is 0 Å². The van der Waals surface area contributed by atoms with Crippen LogP contribution in [0.25, 0.3) is 16.6 Å². The Morgan fingerprint density at radius 1 is 1.11 bits per heavy atom. The molecule has 0 N–H and O–H groups in total. The van der Waals surface area contributed by atoms with Crippen LogP contribution in [-0.2, 0) is 24.5 Å². The van der Waals surface area contributed by atoms with E-state index in [0.717, 1.165) is 11.8 Å². The van der Waals surface area contributed by atoms with Gasteiger partial charge in [0.15, 0.2) is 23.6 Å². The van der Waals surface area contributed by atoms with E-state index in [2.05, 4.69) is 20.3 Å². The molecular formula is C22H19F5N6O3. The number of hydrogen-bond acceptors (Lipinski definition) is 7. The summed E-state index contributed by atoms with van der Waals surface area (Å²) in [4.78, 5) is 16.7. The van der Waals surface area contributed by atoms with Gasteiger partial charge in [-0.15, -0.1) is 10.2 Å². The highest BCUT2D eigenvalue weighted by atomic mass is 19.4. The zero-order valence-corrected chi connectivity index (χ0v) is 19.0. The lowest BCUT2D eigenvalue weighted by atomic mass is 10.2. The van der Waals surface area contributed by atoms with E-state index in [9.17, 15) is 22.4 Å². The van der Waals surface area contributed by atoms with Crippen molar-refractivity contribution < 1.29 is 31.4 Å². The summed E-state index contributed by atoms with van der Waals surface area (Å²) in [6.07, 6.45) is -6.47. The second-order valence-corrected chi connectivity index (χ2v) is 7.61. The van der Waals surface area contributed by atoms with Crippen molar-refractivity contribution in [3.05, 3.63) is 70.2 Å². The molecule has 0 unspecified atom stereocenters. The minimum absolute atomic E-state index is 0.116. The van der Waals surface area contributed by atoms with Gasteiger partial charge in [0.25, 0.3) is 0 Å². The van der Waals surface area contributed by atoms with Crippen LogP contribution in [0.1, 0.15) is 25.2 Å². The molecule has 0 saturated carbocycles. The molecule has 3 heterocycles. The van der Waals surface area contributed by atoms with E-state index in [1.165, 1.54) is 4.57 Å². The Morgan fingerprint density at radius 3 is 2.50 bits per heavy atom. The van der Waals surface area contributed by atoms with Crippen LogP contribution < -0.4 is 10.4 Å². The Balaban J connectivity index is 1.77. The topological polar surface area (TPSA) is 97.0 Å². The molecule has 0 radical (unpaired) electrons. The molecule has 0 bridgehead atoms. The fourth-order valence-corrected chi connectivity index (χ4v) is 3.35. The Kier molecular flexibility index (Phi) is 6.97. The van der Waals surface area contributed by atoms with Gasteiger partial charge >= 0.3 is 11.9 Å². The number of rotatable bonds is 8. The third-order valence-corrected chi connectivity index (χ3v) is 5.21. The van der Waals surface area contributed by atoms with Gasteiger partial charge in [0.1, 0.15) is 12.0 Å². The van der Waals surface area contributed by atoms with Crippen LogP contribution in [-0.4, -0.2) is 41.8 Å². The normalized spacial score (nSPS) is 12.8. The summed E-state index contributed by atoms with van der Waals surface area (Å²) in [7, 11) is 0. The SMILES string of the molecule is CCn1c(COCc2ccccc2)nn(-c2nc(O[C@@H](C)C(F)(F)F)c3c(F)nncc3c2F)c1=O. The van der Waals surface area contributed by atoms with Crippen molar-refractivity contribution in [1.82, 2.24) is 29.5 Å². The van der Waals surface area contributed by atoms with Gasteiger partial charge in [0, 0.05) is 6.54 Å². The van der Waals surface area contributed by atoms with E-state index in [1.54, 1.807) is 6.92 Å². The third kappa shape index (κ3) is 4.89. The van der Waals surface area contributed by atoms with Gasteiger partial charge in [0.2, 0.25) is 11.8 Å². The summed E-state index contributed by atoms with van der Waals surface area (Å²) in [6, 6.07) is 9.18. The summed E-state index contributed by atoms with van der Waals surface area (Å²) in [5, 5.41) is 9.14. The quantitative estimate of drug-likeness (QED) is 0.334. The van der Waals surface area contributed by atoms with Crippen LogP contribution in [0.3, 0.4) is 0 Å². The zero-order chi connectivity index (χ0) is 26.0. The van der Waals surface area contributed by atoms with Gasteiger partial charge in [-0.05, 0) is 19.4 Å². The molecule has 0 aliphatic rings. The van der Waals surface area contributed by atoms with Crippen LogP contribution in [0.15, 0.2) is 41.3 Å². The number of aromatic nitrogens is 6. The molecule has 0 aliphatic carbocycles. The highest BCUT2D eigenvalue weighted by molar-refractivity contribution is 5.87. The number of ether oxygens (including phenoxy) is 2. The molecule has 1 aromatic carbocycles. The number of pyridine rings is 1. The van der Waals surface area contributed by atoms with E-state index < -0.39 is 52.2 Å². The van der Waals surface area contributed by atoms with E-state index in [1.807, 2.05) is 30.3 Å². The molecule has 1 atom stereocenters. The molecule has 0 fully saturated rings. The number of benzene rings is 1. The first-order valence-corrected chi connectivity index (χ1v) is 10.7. The molecular weight excluding hydrogens is 491 g/mol. The van der Waals surface area contributed by atoms with Crippen molar-refractivity contribution in [2.45, 2.75) is 45.9 Å². The predicted molar refractivity (Wildman–Crippen MR) is 115 cm³/mol. The van der Waals surface area contributed by atoms with Crippen LogP contribution in [0, 0.1) is 11.8 Å². The lowest BCUT2D eigenvalue weighted by molar-refractivity contribution is -0.189. The van der Waals surface area contributed by atoms with E-state index in [0.29, 0.717) is 11.6 Å². The van der Waals surface area contributed by atoms with Gasteiger partial charge in [-0.2, -0.15) is 32.3 Å². The molecule has 4 rings (SSSR count). The Hall–Kier alpha value is -3.94. The van der Waals surface area contributed by atoms with Crippen molar-refractivity contribution in [2.75, 3.05) is 0 Å². The van der Waals surface area contributed by atoms with Gasteiger partial charge in [-0.3, -0.25) is 4.57 Å². The zero-order valence-electron chi connectivity index (χ0n) is 19.0. The first-order valence-electron chi connectivity index (χ1n) is 10.7. The molecule has 9 nitrogen and oxygen atoms in total. The summed E-state index contributed by atoms with van der Waals surface area (Å²) in [5.41, 5.74) is 0.0344. The minimum Gasteiger partial charge on any atom is -0.464 e. The van der Waals surface area contributed by atoms with Gasteiger partial charge < -0.3 is 9.47 Å². The highest BCUT2D eigenvalue weighted by Crippen LogP contribution is 2.33. The molecule has 0 aliphatic heterocycles. The lowest BCUT2D eigenvalue weighted by Crippen LogP contribution is -2.32. The summed E-state index contributed by atoms with van der Waals surface area (Å²) < 4.78 is 81.2.